The van der Waals surface area contributed by atoms with Crippen LogP contribution < -0.4 is 4.90 Å². The first-order valence-corrected chi connectivity index (χ1v) is 7.92. The fourth-order valence-corrected chi connectivity index (χ4v) is 3.12. The summed E-state index contributed by atoms with van der Waals surface area (Å²) in [6, 6.07) is 12.5. The number of hydrogen-bond donors (Lipinski definition) is 0. The van der Waals surface area contributed by atoms with Crippen molar-refractivity contribution < 1.29 is 0 Å². The van der Waals surface area contributed by atoms with E-state index in [4.69, 9.17) is 16.6 Å². The molecule has 3 rings (SSSR count). The van der Waals surface area contributed by atoms with Gasteiger partial charge in [-0.1, -0.05) is 24.3 Å². The normalized spacial score (nSPS) is 10.9. The molecule has 0 saturated carbocycles. The zero-order valence-electron chi connectivity index (χ0n) is 11.2. The lowest BCUT2D eigenvalue weighted by molar-refractivity contribution is 0.902. The quantitative estimate of drug-likeness (QED) is 0.651. The van der Waals surface area contributed by atoms with Gasteiger partial charge in [0.25, 0.3) is 0 Å². The Bertz CT molecular complexity index is 710. The van der Waals surface area contributed by atoms with E-state index in [1.54, 1.807) is 11.3 Å². The molecule has 0 unspecified atom stereocenters. The number of hydrogen-bond acceptors (Lipinski definition) is 3. The third-order valence-corrected chi connectivity index (χ3v) is 4.28. The molecule has 0 amide bonds. The number of pyridine rings is 1. The van der Waals surface area contributed by atoms with Gasteiger partial charge in [-0.05, 0) is 33.8 Å². The minimum absolute atomic E-state index is 0.435. The zero-order valence-corrected chi connectivity index (χ0v) is 12.8. The van der Waals surface area contributed by atoms with Gasteiger partial charge in [-0.2, -0.15) is 11.3 Å². The predicted molar refractivity (Wildman–Crippen MR) is 87.7 cm³/mol. The number of alkyl halides is 1. The van der Waals surface area contributed by atoms with Crippen LogP contribution in [0.2, 0.25) is 0 Å². The van der Waals surface area contributed by atoms with E-state index < -0.39 is 0 Å². The van der Waals surface area contributed by atoms with Crippen molar-refractivity contribution in [3.63, 3.8) is 0 Å². The van der Waals surface area contributed by atoms with Gasteiger partial charge in [0.05, 0.1) is 11.6 Å². The molecule has 0 saturated heterocycles. The molecule has 0 N–H and O–H groups in total. The second-order valence-corrected chi connectivity index (χ2v) is 5.83. The number of benzene rings is 1. The molecule has 0 aliphatic carbocycles. The molecule has 1 aromatic carbocycles. The van der Waals surface area contributed by atoms with Gasteiger partial charge in [0.1, 0.15) is 5.82 Å². The van der Waals surface area contributed by atoms with Gasteiger partial charge in [0.2, 0.25) is 0 Å². The van der Waals surface area contributed by atoms with Gasteiger partial charge in [0, 0.05) is 19.0 Å². The fourth-order valence-electron chi connectivity index (χ4n) is 2.33. The van der Waals surface area contributed by atoms with Crippen LogP contribution in [0.4, 0.5) is 5.82 Å². The third kappa shape index (κ3) is 2.65. The van der Waals surface area contributed by atoms with Crippen LogP contribution in [0.15, 0.2) is 47.2 Å². The van der Waals surface area contributed by atoms with Gasteiger partial charge in [-0.25, -0.2) is 4.98 Å². The van der Waals surface area contributed by atoms with E-state index in [1.807, 2.05) is 12.1 Å². The minimum Gasteiger partial charge on any atom is -0.355 e. The Morgan fingerprint density at radius 3 is 2.85 bits per heavy atom. The summed E-state index contributed by atoms with van der Waals surface area (Å²) in [6.07, 6.45) is 0. The molecule has 0 aliphatic heterocycles. The Hall–Kier alpha value is -1.58. The molecule has 0 spiro atoms. The van der Waals surface area contributed by atoms with Gasteiger partial charge < -0.3 is 4.90 Å². The average Bonchev–Trinajstić information content (AvgIpc) is 2.98. The first-order chi connectivity index (χ1) is 9.78. The molecule has 0 aliphatic rings. The Kier molecular flexibility index (Phi) is 3.90. The van der Waals surface area contributed by atoms with Gasteiger partial charge in [-0.3, -0.25) is 0 Å². The van der Waals surface area contributed by atoms with E-state index in [-0.39, 0.29) is 0 Å². The van der Waals surface area contributed by atoms with Gasteiger partial charge in [-0.15, -0.1) is 11.6 Å². The van der Waals surface area contributed by atoms with Crippen molar-refractivity contribution in [1.29, 1.82) is 0 Å². The topological polar surface area (TPSA) is 16.1 Å². The number of rotatable bonds is 4. The second-order valence-electron chi connectivity index (χ2n) is 4.78. The maximum atomic E-state index is 5.97. The lowest BCUT2D eigenvalue weighted by Crippen LogP contribution is -2.18. The van der Waals surface area contributed by atoms with Crippen LogP contribution >= 0.6 is 22.9 Å². The van der Waals surface area contributed by atoms with E-state index in [0.717, 1.165) is 18.1 Å². The van der Waals surface area contributed by atoms with E-state index in [9.17, 15) is 0 Å². The first kappa shape index (κ1) is 13.4. The van der Waals surface area contributed by atoms with Crippen molar-refractivity contribution >= 4 is 39.5 Å². The molecule has 0 fully saturated rings. The van der Waals surface area contributed by atoms with Crippen LogP contribution in [0.1, 0.15) is 11.3 Å². The predicted octanol–water partition coefficient (Wildman–Crippen LogP) is 4.67. The highest BCUT2D eigenvalue weighted by Crippen LogP contribution is 2.26. The minimum atomic E-state index is 0.435. The highest BCUT2D eigenvalue weighted by molar-refractivity contribution is 7.07. The lowest BCUT2D eigenvalue weighted by Gasteiger charge is -2.20. The average molecular weight is 303 g/mol. The smallest absolute Gasteiger partial charge is 0.136 e. The van der Waals surface area contributed by atoms with Crippen LogP contribution in [0.5, 0.6) is 0 Å². The van der Waals surface area contributed by atoms with Crippen molar-refractivity contribution in [2.45, 2.75) is 12.4 Å². The summed E-state index contributed by atoms with van der Waals surface area (Å²) in [7, 11) is 2.07. The summed E-state index contributed by atoms with van der Waals surface area (Å²) in [6.45, 7) is 0.853. The van der Waals surface area contributed by atoms with E-state index >= 15 is 0 Å². The van der Waals surface area contributed by atoms with Crippen molar-refractivity contribution in [3.8, 4) is 0 Å². The highest BCUT2D eigenvalue weighted by atomic mass is 35.5. The van der Waals surface area contributed by atoms with E-state index in [0.29, 0.717) is 5.88 Å². The second kappa shape index (κ2) is 5.81. The van der Waals surface area contributed by atoms with Crippen molar-refractivity contribution in [2.24, 2.45) is 0 Å². The van der Waals surface area contributed by atoms with E-state index in [2.05, 4.69) is 47.0 Å². The molecule has 102 valence electrons. The molecule has 2 aromatic heterocycles. The van der Waals surface area contributed by atoms with Crippen molar-refractivity contribution in [2.75, 3.05) is 11.9 Å². The Labute approximate surface area is 127 Å². The summed E-state index contributed by atoms with van der Waals surface area (Å²) in [5.74, 6) is 1.43. The number of aromatic nitrogens is 1. The molecule has 2 nitrogen and oxygen atoms in total. The van der Waals surface area contributed by atoms with Crippen LogP contribution in [0.3, 0.4) is 0 Å². The van der Waals surface area contributed by atoms with Crippen LogP contribution in [0.25, 0.3) is 10.8 Å². The molecule has 0 atom stereocenters. The number of anilines is 1. The summed E-state index contributed by atoms with van der Waals surface area (Å²) < 4.78 is 0. The summed E-state index contributed by atoms with van der Waals surface area (Å²) in [4.78, 5) is 6.88. The first-order valence-electron chi connectivity index (χ1n) is 6.45. The maximum Gasteiger partial charge on any atom is 0.136 e. The number of fused-ring (bicyclic) bond motifs is 1. The molecule has 2 heterocycles. The number of halogens is 1. The SMILES string of the molecule is CN(Cc1ccsc1)c1nc(CCl)cc2ccccc12. The molecule has 0 bridgehead atoms. The number of thiophene rings is 1. The summed E-state index contributed by atoms with van der Waals surface area (Å²) in [5, 5.41) is 6.62. The molecule has 3 aromatic rings. The number of nitrogens with zero attached hydrogens (tertiary/aromatic N) is 2. The van der Waals surface area contributed by atoms with E-state index in [1.165, 1.54) is 16.3 Å². The molecular formula is C16H15ClN2S. The largest absolute Gasteiger partial charge is 0.355 e. The van der Waals surface area contributed by atoms with Crippen LogP contribution in [0, 0.1) is 0 Å². The zero-order chi connectivity index (χ0) is 13.9. The molecule has 20 heavy (non-hydrogen) atoms. The Balaban J connectivity index is 2.04. The van der Waals surface area contributed by atoms with Gasteiger partial charge in [0.15, 0.2) is 0 Å². The maximum absolute atomic E-state index is 5.97. The Morgan fingerprint density at radius 1 is 1.25 bits per heavy atom. The standard InChI is InChI=1S/C16H15ClN2S/c1-19(10-12-6-7-20-11-12)16-15-5-3-2-4-13(15)8-14(9-17)18-16/h2-8,11H,9-10H2,1H3. The lowest BCUT2D eigenvalue weighted by atomic mass is 10.1. The monoisotopic (exact) mass is 302 g/mol. The molecule has 4 heteroatoms. The Morgan fingerprint density at radius 2 is 2.10 bits per heavy atom. The highest BCUT2D eigenvalue weighted by Gasteiger charge is 2.10. The molecule has 0 radical (unpaired) electrons. The fraction of sp³-hybridized carbons (Fsp3) is 0.188. The van der Waals surface area contributed by atoms with Crippen LogP contribution in [-0.2, 0) is 12.4 Å². The molecular weight excluding hydrogens is 288 g/mol. The van der Waals surface area contributed by atoms with Crippen molar-refractivity contribution in [3.05, 3.63) is 58.4 Å². The van der Waals surface area contributed by atoms with Crippen molar-refractivity contribution in [1.82, 2.24) is 4.98 Å². The summed E-state index contributed by atoms with van der Waals surface area (Å²) in [5.41, 5.74) is 2.22. The summed E-state index contributed by atoms with van der Waals surface area (Å²) >= 11 is 7.69. The van der Waals surface area contributed by atoms with Crippen LogP contribution in [-0.4, -0.2) is 12.0 Å². The van der Waals surface area contributed by atoms with Gasteiger partial charge >= 0.3 is 0 Å². The third-order valence-electron chi connectivity index (χ3n) is 3.27.